The molecule has 6 nitrogen and oxygen atoms in total. The Kier molecular flexibility index (Phi) is 5.86. The zero-order valence-electron chi connectivity index (χ0n) is 16.4. The Balaban J connectivity index is 1.77. The molecule has 0 bridgehead atoms. The summed E-state index contributed by atoms with van der Waals surface area (Å²) in [6.45, 7) is 10.1. The smallest absolute Gasteiger partial charge is 0.256 e. The highest BCUT2D eigenvalue weighted by atomic mass is 16.1. The van der Waals surface area contributed by atoms with Gasteiger partial charge in [-0.2, -0.15) is 5.10 Å². The number of fused-ring (bicyclic) bond motifs is 1. The van der Waals surface area contributed by atoms with Crippen LogP contribution in [0.5, 0.6) is 0 Å². The second kappa shape index (κ2) is 8.31. The van der Waals surface area contributed by atoms with Crippen LogP contribution in [0.2, 0.25) is 0 Å². The van der Waals surface area contributed by atoms with Gasteiger partial charge in [-0.1, -0.05) is 30.3 Å². The monoisotopic (exact) mass is 365 g/mol. The molecule has 0 fully saturated rings. The van der Waals surface area contributed by atoms with Gasteiger partial charge in [0.1, 0.15) is 5.56 Å². The molecule has 0 radical (unpaired) electrons. The van der Waals surface area contributed by atoms with E-state index in [4.69, 9.17) is 0 Å². The molecule has 6 heteroatoms. The number of carbonyl (C=O) groups excluding carboxylic acids is 1. The number of aromatic nitrogens is 3. The van der Waals surface area contributed by atoms with Gasteiger partial charge in [0, 0.05) is 36.9 Å². The number of nitrogens with zero attached hydrogens (tertiary/aromatic N) is 4. The summed E-state index contributed by atoms with van der Waals surface area (Å²) in [5, 5.41) is 7.40. The Labute approximate surface area is 160 Å². The molecule has 0 saturated heterocycles. The van der Waals surface area contributed by atoms with E-state index in [2.05, 4.69) is 48.0 Å². The highest BCUT2D eigenvalue weighted by molar-refractivity contribution is 5.99. The zero-order chi connectivity index (χ0) is 19.4. The minimum Gasteiger partial charge on any atom is -0.351 e. The summed E-state index contributed by atoms with van der Waals surface area (Å²) in [6.07, 6.45) is 3.31. The Morgan fingerprint density at radius 2 is 1.81 bits per heavy atom. The van der Waals surface area contributed by atoms with E-state index in [0.717, 1.165) is 17.8 Å². The topological polar surface area (TPSA) is 62.5 Å². The van der Waals surface area contributed by atoms with Crippen LogP contribution in [0, 0.1) is 0 Å². The molecule has 3 rings (SSSR count). The van der Waals surface area contributed by atoms with Gasteiger partial charge in [0.15, 0.2) is 5.65 Å². The summed E-state index contributed by atoms with van der Waals surface area (Å²) >= 11 is 0. The quantitative estimate of drug-likeness (QED) is 0.698. The van der Waals surface area contributed by atoms with E-state index in [1.54, 1.807) is 16.9 Å². The molecular weight excluding hydrogens is 338 g/mol. The number of nitrogens with one attached hydrogen (secondary N) is 1. The maximum absolute atomic E-state index is 12.7. The highest BCUT2D eigenvalue weighted by Gasteiger charge is 2.17. The van der Waals surface area contributed by atoms with Crippen molar-refractivity contribution in [3.63, 3.8) is 0 Å². The first-order valence-electron chi connectivity index (χ1n) is 9.41. The van der Waals surface area contributed by atoms with Gasteiger partial charge in [-0.05, 0) is 33.8 Å². The minimum atomic E-state index is -0.143. The first-order chi connectivity index (χ1) is 13.0. The van der Waals surface area contributed by atoms with Crippen LogP contribution >= 0.6 is 0 Å². The molecule has 2 aromatic heterocycles. The van der Waals surface area contributed by atoms with E-state index in [1.165, 1.54) is 0 Å². The molecule has 3 aromatic rings. The number of rotatable bonds is 7. The van der Waals surface area contributed by atoms with E-state index >= 15 is 0 Å². The van der Waals surface area contributed by atoms with Crippen LogP contribution in [-0.2, 0) is 0 Å². The molecule has 0 atom stereocenters. The largest absolute Gasteiger partial charge is 0.351 e. The molecule has 0 aliphatic carbocycles. The van der Waals surface area contributed by atoms with Gasteiger partial charge in [0.25, 0.3) is 5.91 Å². The number of hydrogen-bond donors (Lipinski definition) is 1. The molecule has 0 aliphatic heterocycles. The van der Waals surface area contributed by atoms with Gasteiger partial charge in [0.05, 0.1) is 11.9 Å². The van der Waals surface area contributed by atoms with Gasteiger partial charge >= 0.3 is 0 Å². The van der Waals surface area contributed by atoms with E-state index in [0.29, 0.717) is 29.8 Å². The van der Waals surface area contributed by atoms with Crippen LogP contribution in [0.15, 0.2) is 48.8 Å². The summed E-state index contributed by atoms with van der Waals surface area (Å²) in [7, 11) is 0. The summed E-state index contributed by atoms with van der Waals surface area (Å²) < 4.78 is 1.72. The zero-order valence-corrected chi connectivity index (χ0v) is 16.4. The van der Waals surface area contributed by atoms with Gasteiger partial charge in [-0.25, -0.2) is 9.50 Å². The number of amides is 1. The number of carbonyl (C=O) groups is 1. The summed E-state index contributed by atoms with van der Waals surface area (Å²) in [5.74, 6) is -0.143. The van der Waals surface area contributed by atoms with E-state index < -0.39 is 0 Å². The van der Waals surface area contributed by atoms with Gasteiger partial charge in [-0.3, -0.25) is 9.69 Å². The average molecular weight is 365 g/mol. The van der Waals surface area contributed by atoms with Crippen molar-refractivity contribution in [1.29, 1.82) is 0 Å². The Bertz CT molecular complexity index is 893. The Morgan fingerprint density at radius 1 is 1.11 bits per heavy atom. The van der Waals surface area contributed by atoms with E-state index in [-0.39, 0.29) is 5.91 Å². The lowest BCUT2D eigenvalue weighted by atomic mass is 10.1. The number of hydrogen-bond acceptors (Lipinski definition) is 4. The molecule has 0 aliphatic rings. The van der Waals surface area contributed by atoms with Crippen LogP contribution < -0.4 is 5.32 Å². The van der Waals surface area contributed by atoms with Crippen molar-refractivity contribution in [2.45, 2.75) is 39.8 Å². The predicted octanol–water partition coefficient (Wildman–Crippen LogP) is 3.24. The summed E-state index contributed by atoms with van der Waals surface area (Å²) in [4.78, 5) is 19.4. The highest BCUT2D eigenvalue weighted by Crippen LogP contribution is 2.20. The fraction of sp³-hybridized carbons (Fsp3) is 0.381. The Morgan fingerprint density at radius 3 is 2.48 bits per heavy atom. The minimum absolute atomic E-state index is 0.143. The fourth-order valence-electron chi connectivity index (χ4n) is 3.39. The third-order valence-electron chi connectivity index (χ3n) is 4.70. The lowest BCUT2D eigenvalue weighted by molar-refractivity contribution is 0.0941. The molecular formula is C21H27N5O. The van der Waals surface area contributed by atoms with Crippen molar-refractivity contribution < 1.29 is 4.79 Å². The lowest BCUT2D eigenvalue weighted by Crippen LogP contribution is -2.42. The lowest BCUT2D eigenvalue weighted by Gasteiger charge is -2.30. The second-order valence-electron chi connectivity index (χ2n) is 7.17. The van der Waals surface area contributed by atoms with Crippen LogP contribution in [0.1, 0.15) is 38.1 Å². The van der Waals surface area contributed by atoms with Crippen molar-refractivity contribution in [2.24, 2.45) is 0 Å². The van der Waals surface area contributed by atoms with Crippen LogP contribution in [0.25, 0.3) is 16.9 Å². The summed E-state index contributed by atoms with van der Waals surface area (Å²) in [6, 6.07) is 12.7. The van der Waals surface area contributed by atoms with Gasteiger partial charge < -0.3 is 5.32 Å². The molecule has 0 saturated carbocycles. The van der Waals surface area contributed by atoms with Crippen molar-refractivity contribution in [2.75, 3.05) is 13.1 Å². The van der Waals surface area contributed by atoms with Crippen LogP contribution in [-0.4, -0.2) is 50.6 Å². The molecule has 2 heterocycles. The summed E-state index contributed by atoms with van der Waals surface area (Å²) in [5.41, 5.74) is 3.00. The third kappa shape index (κ3) is 4.17. The molecule has 1 N–H and O–H groups in total. The van der Waals surface area contributed by atoms with Gasteiger partial charge in [0.2, 0.25) is 0 Å². The van der Waals surface area contributed by atoms with Crippen molar-refractivity contribution in [3.8, 4) is 11.3 Å². The van der Waals surface area contributed by atoms with Crippen LogP contribution in [0.4, 0.5) is 0 Å². The maximum atomic E-state index is 12.7. The standard InChI is InChI=1S/C21H27N5O/c1-15(2)25(16(3)4)13-12-23-21(27)18-14-24-26-19(10-11-22-20(18)26)17-8-6-5-7-9-17/h5-11,14-16H,12-13H2,1-4H3,(H,23,27). The molecule has 0 unspecified atom stereocenters. The van der Waals surface area contributed by atoms with Crippen molar-refractivity contribution >= 4 is 11.6 Å². The molecule has 0 spiro atoms. The number of benzene rings is 1. The van der Waals surface area contributed by atoms with Crippen molar-refractivity contribution in [1.82, 2.24) is 24.8 Å². The van der Waals surface area contributed by atoms with Gasteiger partial charge in [-0.15, -0.1) is 0 Å². The first kappa shape index (κ1) is 19.0. The van der Waals surface area contributed by atoms with Crippen LogP contribution in [0.3, 0.4) is 0 Å². The predicted molar refractivity (Wildman–Crippen MR) is 108 cm³/mol. The molecule has 27 heavy (non-hydrogen) atoms. The first-order valence-corrected chi connectivity index (χ1v) is 9.41. The molecule has 1 aromatic carbocycles. The average Bonchev–Trinajstić information content (AvgIpc) is 3.09. The molecule has 1 amide bonds. The fourth-order valence-corrected chi connectivity index (χ4v) is 3.39. The third-order valence-corrected chi connectivity index (χ3v) is 4.70. The molecule has 142 valence electrons. The Hall–Kier alpha value is -2.73. The maximum Gasteiger partial charge on any atom is 0.256 e. The SMILES string of the molecule is CC(C)N(CCNC(=O)c1cnn2c(-c3ccccc3)ccnc12)C(C)C. The van der Waals surface area contributed by atoms with E-state index in [1.807, 2.05) is 36.4 Å². The second-order valence-corrected chi connectivity index (χ2v) is 7.17. The van der Waals surface area contributed by atoms with E-state index in [9.17, 15) is 4.79 Å². The normalized spacial score (nSPS) is 11.7. The van der Waals surface area contributed by atoms with Crippen molar-refractivity contribution in [3.05, 3.63) is 54.4 Å².